The summed E-state index contributed by atoms with van der Waals surface area (Å²) in [6.07, 6.45) is -3.60. The molecule has 2 aromatic carbocycles. The van der Waals surface area contributed by atoms with Gasteiger partial charge in [-0.1, -0.05) is 18.2 Å². The van der Waals surface area contributed by atoms with E-state index < -0.39 is 23.9 Å². The number of halogens is 3. The fourth-order valence-electron chi connectivity index (χ4n) is 3.19. The molecule has 3 rings (SSSR count). The van der Waals surface area contributed by atoms with Gasteiger partial charge < -0.3 is 25.4 Å². The summed E-state index contributed by atoms with van der Waals surface area (Å²) < 4.78 is 44.7. The van der Waals surface area contributed by atoms with Gasteiger partial charge in [0.1, 0.15) is 18.5 Å². The molecule has 1 aliphatic heterocycles. The number of urea groups is 1. The molecule has 9 heteroatoms. The van der Waals surface area contributed by atoms with E-state index in [1.54, 1.807) is 24.3 Å². The zero-order valence-corrected chi connectivity index (χ0v) is 16.3. The third-order valence-electron chi connectivity index (χ3n) is 4.70. The Hall–Kier alpha value is -2.94. The van der Waals surface area contributed by atoms with Gasteiger partial charge in [-0.15, -0.1) is 0 Å². The second-order valence-electron chi connectivity index (χ2n) is 7.04. The minimum absolute atomic E-state index is 0.0348. The van der Waals surface area contributed by atoms with E-state index in [2.05, 4.69) is 10.6 Å². The van der Waals surface area contributed by atoms with Gasteiger partial charge in [0.2, 0.25) is 0 Å². The van der Waals surface area contributed by atoms with E-state index in [0.29, 0.717) is 11.4 Å². The van der Waals surface area contributed by atoms with Crippen molar-refractivity contribution in [2.75, 3.05) is 36.5 Å². The highest BCUT2D eigenvalue weighted by Gasteiger charge is 2.32. The summed E-state index contributed by atoms with van der Waals surface area (Å²) in [6.45, 7) is 1.29. The van der Waals surface area contributed by atoms with Crippen LogP contribution in [-0.2, 0) is 6.18 Å². The lowest BCUT2D eigenvalue weighted by Gasteiger charge is -2.23. The van der Waals surface area contributed by atoms with E-state index in [-0.39, 0.29) is 18.8 Å². The predicted molar refractivity (Wildman–Crippen MR) is 108 cm³/mol. The SMILES string of the molecule is O=C(NCC(O)COc1ccccc1)Nc1cc(C(F)(F)F)ccc1N1CCCC1. The number of nitrogens with zero attached hydrogens (tertiary/aromatic N) is 1. The van der Waals surface area contributed by atoms with Crippen molar-refractivity contribution in [2.45, 2.75) is 25.1 Å². The summed E-state index contributed by atoms with van der Waals surface area (Å²) in [6, 6.07) is 11.5. The molecule has 1 saturated heterocycles. The van der Waals surface area contributed by atoms with E-state index in [0.717, 1.165) is 38.1 Å². The van der Waals surface area contributed by atoms with Crippen LogP contribution >= 0.6 is 0 Å². The van der Waals surface area contributed by atoms with E-state index in [4.69, 9.17) is 4.74 Å². The number of carbonyl (C=O) groups is 1. The van der Waals surface area contributed by atoms with Crippen LogP contribution in [0.1, 0.15) is 18.4 Å². The minimum atomic E-state index is -4.51. The van der Waals surface area contributed by atoms with E-state index in [1.807, 2.05) is 11.0 Å². The predicted octanol–water partition coefficient (Wildman–Crippen LogP) is 3.87. The number of anilines is 2. The van der Waals surface area contributed by atoms with Crippen LogP contribution in [0.2, 0.25) is 0 Å². The Morgan fingerprint density at radius 1 is 1.13 bits per heavy atom. The number of rotatable bonds is 7. The van der Waals surface area contributed by atoms with E-state index >= 15 is 0 Å². The Morgan fingerprint density at radius 2 is 1.83 bits per heavy atom. The highest BCUT2D eigenvalue weighted by Crippen LogP contribution is 2.36. The van der Waals surface area contributed by atoms with Crippen LogP contribution in [0.3, 0.4) is 0 Å². The van der Waals surface area contributed by atoms with Crippen molar-refractivity contribution < 1.29 is 27.8 Å². The molecule has 0 radical (unpaired) electrons. The third kappa shape index (κ3) is 6.03. The standard InChI is InChI=1S/C21H24F3N3O3/c22-21(23,24)15-8-9-19(27-10-4-5-11-27)18(12-15)26-20(29)25-13-16(28)14-30-17-6-2-1-3-7-17/h1-3,6-9,12,16,28H,4-5,10-11,13-14H2,(H2,25,26,29). The lowest BCUT2D eigenvalue weighted by molar-refractivity contribution is -0.137. The molecule has 1 atom stereocenters. The van der Waals surface area contributed by atoms with Gasteiger partial charge in [0.15, 0.2) is 0 Å². The summed E-state index contributed by atoms with van der Waals surface area (Å²) in [7, 11) is 0. The fraction of sp³-hybridized carbons (Fsp3) is 0.381. The first-order chi connectivity index (χ1) is 14.3. The number of para-hydroxylation sites is 1. The van der Waals surface area contributed by atoms with Crippen molar-refractivity contribution in [2.24, 2.45) is 0 Å². The van der Waals surface area contributed by atoms with Gasteiger partial charge in [-0.05, 0) is 43.2 Å². The van der Waals surface area contributed by atoms with E-state index in [1.165, 1.54) is 6.07 Å². The molecule has 2 amide bonds. The second kappa shape index (κ2) is 9.71. The maximum absolute atomic E-state index is 13.1. The second-order valence-corrected chi connectivity index (χ2v) is 7.04. The monoisotopic (exact) mass is 423 g/mol. The molecular weight excluding hydrogens is 399 g/mol. The van der Waals surface area contributed by atoms with Crippen LogP contribution in [0, 0.1) is 0 Å². The number of amides is 2. The molecule has 1 unspecified atom stereocenters. The molecule has 30 heavy (non-hydrogen) atoms. The van der Waals surface area contributed by atoms with Crippen LogP contribution in [0.5, 0.6) is 5.75 Å². The van der Waals surface area contributed by atoms with Crippen molar-refractivity contribution >= 4 is 17.4 Å². The van der Waals surface area contributed by atoms with Gasteiger partial charge in [0.25, 0.3) is 0 Å². The number of hydrogen-bond acceptors (Lipinski definition) is 4. The van der Waals surface area contributed by atoms with Crippen molar-refractivity contribution in [3.05, 3.63) is 54.1 Å². The first kappa shape index (κ1) is 21.8. The van der Waals surface area contributed by atoms with Crippen LogP contribution < -0.4 is 20.3 Å². The zero-order chi connectivity index (χ0) is 21.6. The molecule has 6 nitrogen and oxygen atoms in total. The highest BCUT2D eigenvalue weighted by molar-refractivity contribution is 5.93. The summed E-state index contributed by atoms with van der Waals surface area (Å²) in [5.74, 6) is 0.584. The minimum Gasteiger partial charge on any atom is -0.491 e. The first-order valence-electron chi connectivity index (χ1n) is 9.70. The lowest BCUT2D eigenvalue weighted by Crippen LogP contribution is -2.38. The van der Waals surface area contributed by atoms with Gasteiger partial charge in [0, 0.05) is 19.6 Å². The topological polar surface area (TPSA) is 73.8 Å². The number of nitrogens with one attached hydrogen (secondary N) is 2. The quantitative estimate of drug-likeness (QED) is 0.632. The largest absolute Gasteiger partial charge is 0.491 e. The summed E-state index contributed by atoms with van der Waals surface area (Å²) in [5, 5.41) is 14.9. The summed E-state index contributed by atoms with van der Waals surface area (Å²) in [4.78, 5) is 14.2. The van der Waals surface area contributed by atoms with Gasteiger partial charge in [-0.25, -0.2) is 4.79 Å². The molecule has 0 saturated carbocycles. The molecule has 1 aliphatic rings. The number of alkyl halides is 3. The molecule has 0 aliphatic carbocycles. The lowest BCUT2D eigenvalue weighted by atomic mass is 10.1. The number of aliphatic hydroxyl groups is 1. The molecule has 162 valence electrons. The number of hydrogen-bond donors (Lipinski definition) is 3. The summed E-state index contributed by atoms with van der Waals surface area (Å²) in [5.41, 5.74) is -0.208. The van der Waals surface area contributed by atoms with Gasteiger partial charge in [0.05, 0.1) is 16.9 Å². The summed E-state index contributed by atoms with van der Waals surface area (Å²) >= 11 is 0. The van der Waals surface area contributed by atoms with Gasteiger partial charge in [-0.3, -0.25) is 0 Å². The molecular formula is C21H24F3N3O3. The van der Waals surface area contributed by atoms with Crippen molar-refractivity contribution in [1.82, 2.24) is 5.32 Å². The van der Waals surface area contributed by atoms with Gasteiger partial charge in [-0.2, -0.15) is 13.2 Å². The molecule has 3 N–H and O–H groups in total. The maximum Gasteiger partial charge on any atom is 0.416 e. The highest BCUT2D eigenvalue weighted by atomic mass is 19.4. The van der Waals surface area contributed by atoms with Crippen molar-refractivity contribution in [3.63, 3.8) is 0 Å². The Labute approximate surface area is 172 Å². The Morgan fingerprint density at radius 3 is 2.50 bits per heavy atom. The average Bonchev–Trinajstić information content (AvgIpc) is 3.25. The maximum atomic E-state index is 13.1. The first-order valence-corrected chi connectivity index (χ1v) is 9.70. The molecule has 0 spiro atoms. The van der Waals surface area contributed by atoms with E-state index in [9.17, 15) is 23.1 Å². The number of benzene rings is 2. The Balaban J connectivity index is 1.59. The zero-order valence-electron chi connectivity index (χ0n) is 16.3. The van der Waals surface area contributed by atoms with Crippen molar-refractivity contribution in [1.29, 1.82) is 0 Å². The normalized spacial score (nSPS) is 15.0. The van der Waals surface area contributed by atoms with Crippen LogP contribution in [0.4, 0.5) is 29.3 Å². The molecule has 0 bridgehead atoms. The van der Waals surface area contributed by atoms with Crippen LogP contribution in [-0.4, -0.2) is 43.5 Å². The number of ether oxygens (including phenoxy) is 1. The van der Waals surface area contributed by atoms with Crippen LogP contribution in [0.15, 0.2) is 48.5 Å². The Kier molecular flexibility index (Phi) is 7.04. The number of carbonyl (C=O) groups excluding carboxylic acids is 1. The average molecular weight is 423 g/mol. The molecule has 0 aromatic heterocycles. The molecule has 1 fully saturated rings. The van der Waals surface area contributed by atoms with Gasteiger partial charge >= 0.3 is 12.2 Å². The Bertz CT molecular complexity index is 840. The fourth-order valence-corrected chi connectivity index (χ4v) is 3.19. The number of aliphatic hydroxyl groups excluding tert-OH is 1. The molecule has 1 heterocycles. The molecule has 2 aromatic rings. The third-order valence-corrected chi connectivity index (χ3v) is 4.70. The van der Waals surface area contributed by atoms with Crippen LogP contribution in [0.25, 0.3) is 0 Å². The smallest absolute Gasteiger partial charge is 0.416 e. The van der Waals surface area contributed by atoms with Crippen molar-refractivity contribution in [3.8, 4) is 5.75 Å².